The van der Waals surface area contributed by atoms with Gasteiger partial charge >= 0.3 is 5.97 Å². The van der Waals surface area contributed by atoms with Crippen LogP contribution in [-0.4, -0.2) is 46.6 Å². The molecule has 0 saturated carbocycles. The second kappa shape index (κ2) is 5.49. The summed E-state index contributed by atoms with van der Waals surface area (Å²) in [6.07, 6.45) is 2.02. The van der Waals surface area contributed by atoms with E-state index in [2.05, 4.69) is 19.2 Å². The Kier molecular flexibility index (Phi) is 4.61. The predicted molar refractivity (Wildman–Crippen MR) is 73.9 cm³/mol. The fraction of sp³-hybridized carbons (Fsp3) is 0.857. The van der Waals surface area contributed by atoms with Crippen molar-refractivity contribution in [2.45, 2.75) is 59.0 Å². The molecule has 1 saturated heterocycles. The number of rotatable bonds is 3. The van der Waals surface area contributed by atoms with E-state index >= 15 is 0 Å². The molecule has 0 aliphatic carbocycles. The van der Waals surface area contributed by atoms with Crippen molar-refractivity contribution in [3.05, 3.63) is 0 Å². The second-order valence-electron chi connectivity index (χ2n) is 6.97. The van der Waals surface area contributed by atoms with Crippen molar-refractivity contribution in [3.8, 4) is 0 Å². The summed E-state index contributed by atoms with van der Waals surface area (Å²) in [7, 11) is 0. The van der Waals surface area contributed by atoms with Crippen molar-refractivity contribution in [2.24, 2.45) is 5.41 Å². The average molecular weight is 270 g/mol. The van der Waals surface area contributed by atoms with E-state index in [1.54, 1.807) is 0 Å². The third-order valence-electron chi connectivity index (χ3n) is 3.74. The van der Waals surface area contributed by atoms with E-state index in [9.17, 15) is 9.59 Å². The first-order valence-electron chi connectivity index (χ1n) is 6.82. The summed E-state index contributed by atoms with van der Waals surface area (Å²) in [5, 5.41) is 12.3. The molecule has 0 spiro atoms. The molecule has 1 rings (SSSR count). The van der Waals surface area contributed by atoms with Crippen LogP contribution in [0, 0.1) is 5.41 Å². The van der Waals surface area contributed by atoms with Gasteiger partial charge in [0.15, 0.2) is 0 Å². The number of carboxylic acids is 1. The van der Waals surface area contributed by atoms with Crippen LogP contribution < -0.4 is 5.32 Å². The van der Waals surface area contributed by atoms with Crippen LogP contribution in [0.4, 0.5) is 0 Å². The molecule has 5 heteroatoms. The van der Waals surface area contributed by atoms with Gasteiger partial charge in [0.1, 0.15) is 6.54 Å². The maximum absolute atomic E-state index is 12.7. The van der Waals surface area contributed by atoms with Crippen molar-refractivity contribution in [3.63, 3.8) is 0 Å². The predicted octanol–water partition coefficient (Wildman–Crippen LogP) is 1.48. The molecule has 110 valence electrons. The van der Waals surface area contributed by atoms with E-state index in [1.165, 1.54) is 4.90 Å². The molecule has 0 aromatic carbocycles. The molecule has 5 nitrogen and oxygen atoms in total. The van der Waals surface area contributed by atoms with Gasteiger partial charge in [0, 0.05) is 5.54 Å². The van der Waals surface area contributed by atoms with Crippen molar-refractivity contribution < 1.29 is 14.7 Å². The van der Waals surface area contributed by atoms with Crippen LogP contribution in [0.2, 0.25) is 0 Å². The molecule has 1 amide bonds. The van der Waals surface area contributed by atoms with Crippen molar-refractivity contribution in [1.29, 1.82) is 0 Å². The maximum Gasteiger partial charge on any atom is 0.323 e. The molecule has 1 atom stereocenters. The van der Waals surface area contributed by atoms with Gasteiger partial charge in [-0.05, 0) is 45.6 Å². The van der Waals surface area contributed by atoms with Gasteiger partial charge in [-0.15, -0.1) is 0 Å². The van der Waals surface area contributed by atoms with E-state index in [1.807, 2.05) is 20.8 Å². The van der Waals surface area contributed by atoms with E-state index in [0.29, 0.717) is 0 Å². The zero-order chi connectivity index (χ0) is 14.8. The minimum absolute atomic E-state index is 0.111. The number of nitrogens with one attached hydrogen (secondary N) is 1. The number of hydrogen-bond donors (Lipinski definition) is 2. The van der Waals surface area contributed by atoms with Gasteiger partial charge in [0.25, 0.3) is 0 Å². The molecule has 0 bridgehead atoms. The number of hydrogen-bond acceptors (Lipinski definition) is 3. The first kappa shape index (κ1) is 16.0. The van der Waals surface area contributed by atoms with Crippen LogP contribution in [0.3, 0.4) is 0 Å². The highest BCUT2D eigenvalue weighted by Crippen LogP contribution is 2.32. The number of amides is 1. The summed E-state index contributed by atoms with van der Waals surface area (Å²) in [5.74, 6) is -1.09. The Labute approximate surface area is 115 Å². The Bertz CT molecular complexity index is 358. The van der Waals surface area contributed by atoms with E-state index < -0.39 is 11.5 Å². The zero-order valence-corrected chi connectivity index (χ0v) is 12.6. The molecule has 1 aliphatic heterocycles. The quantitative estimate of drug-likeness (QED) is 0.815. The maximum atomic E-state index is 12.7. The lowest BCUT2D eigenvalue weighted by Gasteiger charge is -2.44. The lowest BCUT2D eigenvalue weighted by Crippen LogP contribution is -2.60. The van der Waals surface area contributed by atoms with Gasteiger partial charge in [-0.3, -0.25) is 9.59 Å². The van der Waals surface area contributed by atoms with Crippen LogP contribution in [0.5, 0.6) is 0 Å². The molecule has 19 heavy (non-hydrogen) atoms. The molecule has 1 aliphatic rings. The van der Waals surface area contributed by atoms with E-state index in [4.69, 9.17) is 5.11 Å². The number of carbonyl (C=O) groups excluding carboxylic acids is 1. The highest BCUT2D eigenvalue weighted by atomic mass is 16.4. The monoisotopic (exact) mass is 270 g/mol. The van der Waals surface area contributed by atoms with Crippen LogP contribution >= 0.6 is 0 Å². The van der Waals surface area contributed by atoms with Gasteiger partial charge in [-0.2, -0.15) is 0 Å². The summed E-state index contributed by atoms with van der Waals surface area (Å²) < 4.78 is 0. The summed E-state index contributed by atoms with van der Waals surface area (Å²) >= 11 is 0. The summed E-state index contributed by atoms with van der Waals surface area (Å²) in [6, 6.07) is -0.306. The van der Waals surface area contributed by atoms with Gasteiger partial charge in [-0.25, -0.2) is 0 Å². The normalized spacial score (nSPS) is 22.9. The number of carboxylic acid groups (broad SMARTS) is 1. The molecular weight excluding hydrogens is 244 g/mol. The Morgan fingerprint density at radius 3 is 2.37 bits per heavy atom. The van der Waals surface area contributed by atoms with Gasteiger partial charge < -0.3 is 15.3 Å². The topological polar surface area (TPSA) is 69.6 Å². The first-order valence-corrected chi connectivity index (χ1v) is 6.82. The molecule has 1 fully saturated rings. The van der Waals surface area contributed by atoms with Crippen LogP contribution in [0.25, 0.3) is 0 Å². The van der Waals surface area contributed by atoms with Gasteiger partial charge in [-0.1, -0.05) is 13.8 Å². The Hall–Kier alpha value is -1.10. The van der Waals surface area contributed by atoms with Crippen LogP contribution in [0.15, 0.2) is 0 Å². The molecule has 1 heterocycles. The number of aliphatic carboxylic acids is 1. The van der Waals surface area contributed by atoms with Crippen molar-refractivity contribution >= 4 is 11.9 Å². The number of carbonyl (C=O) groups is 2. The van der Waals surface area contributed by atoms with E-state index in [-0.39, 0.29) is 23.9 Å². The second-order valence-corrected chi connectivity index (χ2v) is 6.97. The van der Waals surface area contributed by atoms with Gasteiger partial charge in [0.2, 0.25) is 5.91 Å². The summed E-state index contributed by atoms with van der Waals surface area (Å²) in [6.45, 7) is 10.3. The van der Waals surface area contributed by atoms with E-state index in [0.717, 1.165) is 19.4 Å². The van der Waals surface area contributed by atoms with Crippen LogP contribution in [-0.2, 0) is 9.59 Å². The standard InChI is InChI=1S/C14H26N2O3/c1-13(2,3)16(9-10(17)18)12(19)11-14(4,5)7-6-8-15-11/h11,15H,6-9H2,1-5H3,(H,17,18). The van der Waals surface area contributed by atoms with Crippen molar-refractivity contribution in [2.75, 3.05) is 13.1 Å². The zero-order valence-electron chi connectivity index (χ0n) is 12.6. The SMILES string of the molecule is CC1(C)CCCNC1C(=O)N(CC(=O)O)C(C)(C)C. The summed E-state index contributed by atoms with van der Waals surface area (Å²) in [5.41, 5.74) is -0.637. The van der Waals surface area contributed by atoms with Crippen molar-refractivity contribution in [1.82, 2.24) is 10.2 Å². The summed E-state index contributed by atoms with van der Waals surface area (Å²) in [4.78, 5) is 25.1. The third-order valence-corrected chi connectivity index (χ3v) is 3.74. The minimum atomic E-state index is -0.975. The Morgan fingerprint density at radius 2 is 1.95 bits per heavy atom. The number of nitrogens with zero attached hydrogens (tertiary/aromatic N) is 1. The number of piperidine rings is 1. The fourth-order valence-electron chi connectivity index (χ4n) is 2.57. The fourth-order valence-corrected chi connectivity index (χ4v) is 2.57. The van der Waals surface area contributed by atoms with Crippen LogP contribution in [0.1, 0.15) is 47.5 Å². The average Bonchev–Trinajstić information content (AvgIpc) is 2.22. The third kappa shape index (κ3) is 3.93. The molecule has 0 aromatic heterocycles. The molecule has 0 radical (unpaired) electrons. The highest BCUT2D eigenvalue weighted by molar-refractivity contribution is 5.86. The lowest BCUT2D eigenvalue weighted by atomic mass is 9.76. The molecule has 1 unspecified atom stereocenters. The highest BCUT2D eigenvalue weighted by Gasteiger charge is 2.42. The molecular formula is C14H26N2O3. The Morgan fingerprint density at radius 1 is 1.37 bits per heavy atom. The lowest BCUT2D eigenvalue weighted by molar-refractivity contribution is -0.151. The van der Waals surface area contributed by atoms with Gasteiger partial charge in [0.05, 0.1) is 6.04 Å². The first-order chi connectivity index (χ1) is 8.55. The Balaban J connectivity index is 2.95. The minimum Gasteiger partial charge on any atom is -0.480 e. The molecule has 0 aromatic rings. The smallest absolute Gasteiger partial charge is 0.323 e. The largest absolute Gasteiger partial charge is 0.480 e. The molecule has 2 N–H and O–H groups in total.